The second-order valence-electron chi connectivity index (χ2n) is 7.36. The molecule has 0 heterocycles. The zero-order valence-corrected chi connectivity index (χ0v) is 16.4. The topological polar surface area (TPSA) is 113 Å². The molecule has 0 aromatic heterocycles. The van der Waals surface area contributed by atoms with Crippen LogP contribution >= 0.6 is 0 Å². The van der Waals surface area contributed by atoms with E-state index >= 15 is 0 Å². The van der Waals surface area contributed by atoms with Gasteiger partial charge in [-0.2, -0.15) is 0 Å². The molecule has 0 aliphatic carbocycles. The zero-order valence-electron chi connectivity index (χ0n) is 16.4. The Bertz CT molecular complexity index is 436. The van der Waals surface area contributed by atoms with Crippen molar-refractivity contribution in [3.63, 3.8) is 0 Å². The molecule has 3 N–H and O–H groups in total. The molecule has 0 saturated carbocycles. The third-order valence-electron chi connectivity index (χ3n) is 4.22. The van der Waals surface area contributed by atoms with Crippen molar-refractivity contribution in [3.05, 3.63) is 0 Å². The number of amides is 1. The largest absolute Gasteiger partial charge is 0.481 e. The molecule has 0 saturated heterocycles. The van der Waals surface area contributed by atoms with Crippen LogP contribution in [0.4, 0.5) is 0 Å². The average Bonchev–Trinajstić information content (AvgIpc) is 2.58. The van der Waals surface area contributed by atoms with Crippen molar-refractivity contribution in [2.75, 3.05) is 13.2 Å². The van der Waals surface area contributed by atoms with E-state index in [0.29, 0.717) is 6.42 Å². The van der Waals surface area contributed by atoms with Crippen LogP contribution in [0.25, 0.3) is 0 Å². The van der Waals surface area contributed by atoms with E-state index in [1.165, 1.54) is 25.7 Å². The third-order valence-corrected chi connectivity index (χ3v) is 4.22. The van der Waals surface area contributed by atoms with Crippen LogP contribution in [0, 0.1) is 5.41 Å². The first-order valence-electron chi connectivity index (χ1n) is 9.54. The molecule has 1 unspecified atom stereocenters. The predicted octanol–water partition coefficient (Wildman–Crippen LogP) is 2.65. The minimum Gasteiger partial charge on any atom is -0.481 e. The summed E-state index contributed by atoms with van der Waals surface area (Å²) in [7, 11) is 0. The number of carbonyl (C=O) groups is 3. The number of hydrogen-bond acceptors (Lipinski definition) is 5. The van der Waals surface area contributed by atoms with Gasteiger partial charge in [0, 0.05) is 18.4 Å². The first-order valence-corrected chi connectivity index (χ1v) is 9.54. The predicted molar refractivity (Wildman–Crippen MR) is 98.6 cm³/mol. The molecule has 0 rings (SSSR count). The van der Waals surface area contributed by atoms with Gasteiger partial charge in [-0.1, -0.05) is 59.3 Å². The minimum atomic E-state index is -1.39. The summed E-state index contributed by atoms with van der Waals surface area (Å²) in [5, 5.41) is 21.0. The van der Waals surface area contributed by atoms with Crippen molar-refractivity contribution < 1.29 is 29.3 Å². The van der Waals surface area contributed by atoms with Gasteiger partial charge in [0.2, 0.25) is 5.91 Å². The number of carboxylic acid groups (broad SMARTS) is 1. The number of unbranched alkanes of at least 4 members (excludes halogenated alkanes) is 6. The fourth-order valence-electron chi connectivity index (χ4n) is 2.39. The van der Waals surface area contributed by atoms with Crippen molar-refractivity contribution in [3.8, 4) is 0 Å². The summed E-state index contributed by atoms with van der Waals surface area (Å²) in [6, 6.07) is 0. The molecule has 0 aliphatic heterocycles. The summed E-state index contributed by atoms with van der Waals surface area (Å²) in [5.74, 6) is -2.03. The Labute approximate surface area is 156 Å². The fourth-order valence-corrected chi connectivity index (χ4v) is 2.39. The summed E-state index contributed by atoms with van der Waals surface area (Å²) in [4.78, 5) is 34.1. The molecule has 0 spiro atoms. The number of esters is 1. The highest BCUT2D eigenvalue weighted by atomic mass is 16.5. The van der Waals surface area contributed by atoms with Crippen LogP contribution < -0.4 is 5.32 Å². The first-order chi connectivity index (χ1) is 12.2. The van der Waals surface area contributed by atoms with Crippen LogP contribution in [0.5, 0.6) is 0 Å². The molecule has 1 atom stereocenters. The van der Waals surface area contributed by atoms with Gasteiger partial charge in [0.25, 0.3) is 0 Å². The maximum atomic E-state index is 11.8. The van der Waals surface area contributed by atoms with Crippen LogP contribution in [0.2, 0.25) is 0 Å². The maximum Gasteiger partial charge on any atom is 0.305 e. The summed E-state index contributed by atoms with van der Waals surface area (Å²) < 4.78 is 5.19. The van der Waals surface area contributed by atoms with Gasteiger partial charge in [0.1, 0.15) is 6.10 Å². The summed E-state index contributed by atoms with van der Waals surface area (Å²) in [6.45, 7) is 5.29. The molecule has 7 heteroatoms. The number of carbonyl (C=O) groups excluding carboxylic acids is 2. The molecule has 0 fully saturated rings. The van der Waals surface area contributed by atoms with E-state index in [0.717, 1.165) is 19.3 Å². The second-order valence-corrected chi connectivity index (χ2v) is 7.36. The molecule has 0 aromatic carbocycles. The SMILES string of the molecule is CCCCCCCCCC(=O)OCC(C)(C)C(O)C(=O)NCCC(=O)O. The minimum absolute atomic E-state index is 0.0562. The van der Waals surface area contributed by atoms with Gasteiger partial charge in [0.05, 0.1) is 13.0 Å². The van der Waals surface area contributed by atoms with Crippen molar-refractivity contribution in [2.24, 2.45) is 5.41 Å². The van der Waals surface area contributed by atoms with E-state index in [-0.39, 0.29) is 25.5 Å². The van der Waals surface area contributed by atoms with Gasteiger partial charge in [-0.25, -0.2) is 0 Å². The van der Waals surface area contributed by atoms with Crippen molar-refractivity contribution in [1.82, 2.24) is 5.32 Å². The second kappa shape index (κ2) is 13.6. The molecular weight excluding hydrogens is 338 g/mol. The summed E-state index contributed by atoms with van der Waals surface area (Å²) in [5.41, 5.74) is -0.955. The zero-order chi connectivity index (χ0) is 20.0. The van der Waals surface area contributed by atoms with Crippen molar-refractivity contribution >= 4 is 17.8 Å². The molecule has 152 valence electrons. The van der Waals surface area contributed by atoms with Crippen LogP contribution in [0.1, 0.15) is 78.6 Å². The number of hydrogen-bond donors (Lipinski definition) is 3. The smallest absolute Gasteiger partial charge is 0.305 e. The Morgan fingerprint density at radius 3 is 2.15 bits per heavy atom. The van der Waals surface area contributed by atoms with E-state index in [1.54, 1.807) is 13.8 Å². The lowest BCUT2D eigenvalue weighted by atomic mass is 9.87. The van der Waals surface area contributed by atoms with E-state index < -0.39 is 23.4 Å². The highest BCUT2D eigenvalue weighted by Crippen LogP contribution is 2.22. The first kappa shape index (κ1) is 24.4. The fraction of sp³-hybridized carbons (Fsp3) is 0.842. The summed E-state index contributed by atoms with van der Waals surface area (Å²) >= 11 is 0. The number of aliphatic hydroxyl groups is 1. The van der Waals surface area contributed by atoms with Gasteiger partial charge in [0.15, 0.2) is 0 Å². The van der Waals surface area contributed by atoms with E-state index in [4.69, 9.17) is 9.84 Å². The van der Waals surface area contributed by atoms with E-state index in [1.807, 2.05) is 0 Å². The molecular formula is C19H35NO6. The normalized spacial score (nSPS) is 12.5. The van der Waals surface area contributed by atoms with Gasteiger partial charge >= 0.3 is 11.9 Å². The Morgan fingerprint density at radius 1 is 1.00 bits per heavy atom. The molecule has 0 bridgehead atoms. The Kier molecular flexibility index (Phi) is 12.7. The van der Waals surface area contributed by atoms with E-state index in [9.17, 15) is 19.5 Å². The molecule has 0 radical (unpaired) electrons. The number of aliphatic hydroxyl groups excluding tert-OH is 1. The average molecular weight is 373 g/mol. The standard InChI is InChI=1S/C19H35NO6/c1-4-5-6-7-8-9-10-11-16(23)26-14-19(2,3)17(24)18(25)20-13-12-15(21)22/h17,24H,4-14H2,1-3H3,(H,20,25)(H,21,22). The Morgan fingerprint density at radius 2 is 1.58 bits per heavy atom. The van der Waals surface area contributed by atoms with Gasteiger partial charge in [-0.05, 0) is 6.42 Å². The van der Waals surface area contributed by atoms with Crippen molar-refractivity contribution in [1.29, 1.82) is 0 Å². The van der Waals surface area contributed by atoms with Gasteiger partial charge in [-0.15, -0.1) is 0 Å². The number of nitrogens with one attached hydrogen (secondary N) is 1. The molecule has 7 nitrogen and oxygen atoms in total. The Hall–Kier alpha value is -1.63. The number of carboxylic acids is 1. The van der Waals surface area contributed by atoms with Crippen LogP contribution in [-0.4, -0.2) is 47.3 Å². The lowest BCUT2D eigenvalue weighted by molar-refractivity contribution is -0.153. The van der Waals surface area contributed by atoms with E-state index in [2.05, 4.69) is 12.2 Å². The van der Waals surface area contributed by atoms with Crippen LogP contribution in [0.15, 0.2) is 0 Å². The monoisotopic (exact) mass is 373 g/mol. The summed E-state index contributed by atoms with van der Waals surface area (Å²) in [6.07, 6.45) is 6.53. The highest BCUT2D eigenvalue weighted by molar-refractivity contribution is 5.81. The lowest BCUT2D eigenvalue weighted by Gasteiger charge is -2.28. The van der Waals surface area contributed by atoms with Crippen LogP contribution in [-0.2, 0) is 19.1 Å². The van der Waals surface area contributed by atoms with Crippen LogP contribution in [0.3, 0.4) is 0 Å². The highest BCUT2D eigenvalue weighted by Gasteiger charge is 2.34. The molecule has 0 aliphatic rings. The lowest BCUT2D eigenvalue weighted by Crippen LogP contribution is -2.46. The number of ether oxygens (including phenoxy) is 1. The van der Waals surface area contributed by atoms with Crippen molar-refractivity contribution in [2.45, 2.75) is 84.7 Å². The third kappa shape index (κ3) is 11.8. The van der Waals surface area contributed by atoms with Gasteiger partial charge < -0.3 is 20.3 Å². The maximum absolute atomic E-state index is 11.8. The van der Waals surface area contributed by atoms with Gasteiger partial charge in [-0.3, -0.25) is 14.4 Å². The molecule has 1 amide bonds. The Balaban J connectivity index is 3.99. The quantitative estimate of drug-likeness (QED) is 0.300. The number of rotatable bonds is 15. The molecule has 0 aromatic rings. The number of aliphatic carboxylic acids is 1. The molecule has 26 heavy (non-hydrogen) atoms.